The molecule has 170 valence electrons. The molecule has 0 saturated heterocycles. The molecule has 6 aromatic carbocycles. The number of carbonyl (C=O) groups excluding carboxylic acids is 2. The Hall–Kier alpha value is -4.82. The summed E-state index contributed by atoms with van der Waals surface area (Å²) in [6.45, 7) is 0. The van der Waals surface area contributed by atoms with E-state index in [1.807, 2.05) is 54.6 Å². The van der Waals surface area contributed by atoms with Crippen molar-refractivity contribution in [3.05, 3.63) is 132 Å². The SMILES string of the molecule is O=Cc1ccccc1-c1cccc2c(-c3ccc(-c4ccccc4C=O)c4ccccc34)cccc12. The van der Waals surface area contributed by atoms with E-state index >= 15 is 0 Å². The average Bonchev–Trinajstić information content (AvgIpc) is 2.96. The maximum Gasteiger partial charge on any atom is 0.150 e. The molecule has 0 radical (unpaired) electrons. The second kappa shape index (κ2) is 9.09. The van der Waals surface area contributed by atoms with Gasteiger partial charge in [-0.05, 0) is 54.9 Å². The summed E-state index contributed by atoms with van der Waals surface area (Å²) in [5.41, 5.74) is 7.56. The van der Waals surface area contributed by atoms with E-state index in [9.17, 15) is 9.59 Å². The second-order valence-corrected chi connectivity index (χ2v) is 8.82. The summed E-state index contributed by atoms with van der Waals surface area (Å²) in [5.74, 6) is 0. The molecular weight excluding hydrogens is 440 g/mol. The summed E-state index contributed by atoms with van der Waals surface area (Å²) in [6.07, 6.45) is 1.84. The molecule has 0 aliphatic rings. The Morgan fingerprint density at radius 2 is 0.611 bits per heavy atom. The fourth-order valence-corrected chi connectivity index (χ4v) is 5.24. The zero-order chi connectivity index (χ0) is 24.5. The van der Waals surface area contributed by atoms with Gasteiger partial charge in [-0.25, -0.2) is 0 Å². The molecule has 0 amide bonds. The fourth-order valence-electron chi connectivity index (χ4n) is 5.24. The molecule has 2 nitrogen and oxygen atoms in total. The summed E-state index contributed by atoms with van der Waals surface area (Å²) in [4.78, 5) is 23.5. The maximum absolute atomic E-state index is 11.7. The van der Waals surface area contributed by atoms with Crippen molar-refractivity contribution in [3.8, 4) is 33.4 Å². The molecule has 0 unspecified atom stereocenters. The van der Waals surface area contributed by atoms with E-state index < -0.39 is 0 Å². The minimum absolute atomic E-state index is 0.680. The summed E-state index contributed by atoms with van der Waals surface area (Å²) in [7, 11) is 0. The molecule has 0 N–H and O–H groups in total. The molecule has 0 fully saturated rings. The van der Waals surface area contributed by atoms with Crippen LogP contribution in [0.5, 0.6) is 0 Å². The lowest BCUT2D eigenvalue weighted by molar-refractivity contribution is 0.111. The summed E-state index contributed by atoms with van der Waals surface area (Å²) < 4.78 is 0. The van der Waals surface area contributed by atoms with Crippen LogP contribution in [0.25, 0.3) is 54.9 Å². The molecule has 0 spiro atoms. The van der Waals surface area contributed by atoms with Gasteiger partial charge in [-0.2, -0.15) is 0 Å². The quantitative estimate of drug-likeness (QED) is 0.240. The van der Waals surface area contributed by atoms with Crippen LogP contribution in [0.15, 0.2) is 121 Å². The van der Waals surface area contributed by atoms with E-state index in [0.29, 0.717) is 11.1 Å². The third kappa shape index (κ3) is 3.52. The Kier molecular flexibility index (Phi) is 5.48. The standard InChI is InChI=1S/C34H22O2/c35-21-23-9-1-3-11-25(23)27-15-7-17-31-30(27)16-8-18-32(31)34-20-19-33(28-13-5-6-14-29(28)34)26-12-4-2-10-24(26)22-36/h1-22H. The van der Waals surface area contributed by atoms with E-state index in [-0.39, 0.29) is 0 Å². The van der Waals surface area contributed by atoms with E-state index in [0.717, 1.165) is 67.5 Å². The summed E-state index contributed by atoms with van der Waals surface area (Å²) >= 11 is 0. The van der Waals surface area contributed by atoms with Crippen LogP contribution in [0.1, 0.15) is 20.7 Å². The van der Waals surface area contributed by atoms with Gasteiger partial charge in [0.05, 0.1) is 0 Å². The lowest BCUT2D eigenvalue weighted by Crippen LogP contribution is -1.92. The largest absolute Gasteiger partial charge is 0.298 e. The average molecular weight is 463 g/mol. The topological polar surface area (TPSA) is 34.1 Å². The molecular formula is C34H22O2. The smallest absolute Gasteiger partial charge is 0.150 e. The molecule has 0 bridgehead atoms. The first-order valence-electron chi connectivity index (χ1n) is 11.9. The van der Waals surface area contributed by atoms with Crippen molar-refractivity contribution < 1.29 is 9.59 Å². The van der Waals surface area contributed by atoms with Crippen LogP contribution in [0.4, 0.5) is 0 Å². The molecule has 0 saturated carbocycles. The molecule has 6 rings (SSSR count). The highest BCUT2D eigenvalue weighted by molar-refractivity contribution is 6.13. The normalized spacial score (nSPS) is 11.0. The first-order valence-corrected chi connectivity index (χ1v) is 11.9. The lowest BCUT2D eigenvalue weighted by Gasteiger charge is -2.16. The first-order chi connectivity index (χ1) is 17.8. The van der Waals surface area contributed by atoms with Gasteiger partial charge < -0.3 is 0 Å². The molecule has 0 aliphatic heterocycles. The van der Waals surface area contributed by atoms with Gasteiger partial charge in [0.1, 0.15) is 0 Å². The summed E-state index contributed by atoms with van der Waals surface area (Å²) in [6, 6.07) is 40.7. The molecule has 6 aromatic rings. The predicted octanol–water partition coefficient (Wildman–Crippen LogP) is 8.62. The van der Waals surface area contributed by atoms with Crippen LogP contribution in [-0.4, -0.2) is 12.6 Å². The minimum Gasteiger partial charge on any atom is -0.298 e. The number of fused-ring (bicyclic) bond motifs is 2. The number of aldehydes is 2. The predicted molar refractivity (Wildman–Crippen MR) is 149 cm³/mol. The van der Waals surface area contributed by atoms with Crippen LogP contribution in [0.2, 0.25) is 0 Å². The van der Waals surface area contributed by atoms with Crippen LogP contribution >= 0.6 is 0 Å². The maximum atomic E-state index is 11.7. The van der Waals surface area contributed by atoms with Crippen molar-refractivity contribution in [2.45, 2.75) is 0 Å². The third-order valence-electron chi connectivity index (χ3n) is 6.89. The zero-order valence-corrected chi connectivity index (χ0v) is 19.5. The molecule has 2 heteroatoms. The highest BCUT2D eigenvalue weighted by Crippen LogP contribution is 2.40. The first kappa shape index (κ1) is 21.7. The Labute approximate surface area is 209 Å². The Morgan fingerprint density at radius 3 is 1.08 bits per heavy atom. The number of benzene rings is 6. The Bertz CT molecular complexity index is 1690. The molecule has 0 atom stereocenters. The van der Waals surface area contributed by atoms with E-state index in [2.05, 4.69) is 66.7 Å². The number of rotatable bonds is 5. The molecule has 0 heterocycles. The van der Waals surface area contributed by atoms with Gasteiger partial charge >= 0.3 is 0 Å². The van der Waals surface area contributed by atoms with Gasteiger partial charge in [-0.15, -0.1) is 0 Å². The molecule has 0 aliphatic carbocycles. The number of carbonyl (C=O) groups is 2. The minimum atomic E-state index is 0.680. The second-order valence-electron chi connectivity index (χ2n) is 8.82. The Morgan fingerprint density at radius 1 is 0.306 bits per heavy atom. The fraction of sp³-hybridized carbons (Fsp3) is 0. The van der Waals surface area contributed by atoms with Crippen molar-refractivity contribution in [1.82, 2.24) is 0 Å². The number of hydrogen-bond donors (Lipinski definition) is 0. The van der Waals surface area contributed by atoms with E-state index in [1.165, 1.54) is 0 Å². The zero-order valence-electron chi connectivity index (χ0n) is 19.5. The van der Waals surface area contributed by atoms with Crippen LogP contribution < -0.4 is 0 Å². The van der Waals surface area contributed by atoms with Crippen molar-refractivity contribution >= 4 is 34.1 Å². The van der Waals surface area contributed by atoms with E-state index in [4.69, 9.17) is 0 Å². The highest BCUT2D eigenvalue weighted by Gasteiger charge is 2.15. The van der Waals surface area contributed by atoms with Crippen molar-refractivity contribution in [2.24, 2.45) is 0 Å². The van der Waals surface area contributed by atoms with Crippen LogP contribution in [0, 0.1) is 0 Å². The van der Waals surface area contributed by atoms with Crippen molar-refractivity contribution in [1.29, 1.82) is 0 Å². The van der Waals surface area contributed by atoms with Gasteiger partial charge in [-0.3, -0.25) is 9.59 Å². The highest BCUT2D eigenvalue weighted by atomic mass is 16.1. The van der Waals surface area contributed by atoms with Gasteiger partial charge in [-0.1, -0.05) is 121 Å². The monoisotopic (exact) mass is 462 g/mol. The van der Waals surface area contributed by atoms with Crippen molar-refractivity contribution in [3.63, 3.8) is 0 Å². The molecule has 0 aromatic heterocycles. The number of hydrogen-bond acceptors (Lipinski definition) is 2. The lowest BCUT2D eigenvalue weighted by atomic mass is 9.87. The summed E-state index contributed by atoms with van der Waals surface area (Å²) in [5, 5.41) is 4.45. The van der Waals surface area contributed by atoms with Gasteiger partial charge in [0.15, 0.2) is 12.6 Å². The van der Waals surface area contributed by atoms with Gasteiger partial charge in [0.2, 0.25) is 0 Å². The van der Waals surface area contributed by atoms with Crippen LogP contribution in [0.3, 0.4) is 0 Å². The third-order valence-corrected chi connectivity index (χ3v) is 6.89. The Balaban J connectivity index is 1.62. The van der Waals surface area contributed by atoms with Gasteiger partial charge in [0.25, 0.3) is 0 Å². The van der Waals surface area contributed by atoms with Gasteiger partial charge in [0, 0.05) is 11.1 Å². The van der Waals surface area contributed by atoms with Crippen LogP contribution in [-0.2, 0) is 0 Å². The molecule has 36 heavy (non-hydrogen) atoms. The van der Waals surface area contributed by atoms with E-state index in [1.54, 1.807) is 0 Å². The van der Waals surface area contributed by atoms with Crippen molar-refractivity contribution in [2.75, 3.05) is 0 Å².